The molecule has 0 aliphatic carbocycles. The average Bonchev–Trinajstić information content (AvgIpc) is 2.73. The summed E-state index contributed by atoms with van der Waals surface area (Å²) in [6, 6.07) is 9.55. The Hall–Kier alpha value is -0.510. The highest BCUT2D eigenvalue weighted by Gasteiger charge is 2.26. The first-order chi connectivity index (χ1) is 8.33. The molecule has 17 heavy (non-hydrogen) atoms. The topological polar surface area (TPSA) is 15.3 Å². The number of fused-ring (bicyclic) bond motifs is 1. The van der Waals surface area contributed by atoms with Crippen molar-refractivity contribution in [2.24, 2.45) is 0 Å². The number of hydrogen-bond donors (Lipinski definition) is 1. The van der Waals surface area contributed by atoms with Gasteiger partial charge in [0.1, 0.15) is 0 Å². The summed E-state index contributed by atoms with van der Waals surface area (Å²) in [5.74, 6) is 2.00. The van der Waals surface area contributed by atoms with Crippen LogP contribution < -0.4 is 5.32 Å². The van der Waals surface area contributed by atoms with Crippen LogP contribution in [0.2, 0.25) is 0 Å². The Morgan fingerprint density at radius 2 is 2.29 bits per heavy atom. The highest BCUT2D eigenvalue weighted by atomic mass is 32.2. The lowest BCUT2D eigenvalue weighted by molar-refractivity contribution is 0.199. The Bertz CT molecular complexity index is 394. The number of nitrogens with one attached hydrogen (secondary N) is 1. The molecule has 0 spiro atoms. The van der Waals surface area contributed by atoms with Crippen LogP contribution in [0.3, 0.4) is 0 Å². The zero-order valence-corrected chi connectivity index (χ0v) is 11.2. The molecule has 92 valence electrons. The Balaban J connectivity index is 1.67. The second-order valence-corrected chi connectivity index (χ2v) is 6.22. The molecule has 0 amide bonds. The number of piperazine rings is 1. The van der Waals surface area contributed by atoms with Crippen molar-refractivity contribution in [2.45, 2.75) is 23.8 Å². The Labute approximate surface area is 108 Å². The molecule has 3 heteroatoms. The number of thioether (sulfide) groups is 1. The van der Waals surface area contributed by atoms with Crippen LogP contribution in [0.4, 0.5) is 0 Å². The van der Waals surface area contributed by atoms with Crippen LogP contribution in [0.1, 0.15) is 18.4 Å². The first kappa shape index (κ1) is 11.6. The lowest BCUT2D eigenvalue weighted by atomic mass is 10.0. The van der Waals surface area contributed by atoms with Crippen molar-refractivity contribution < 1.29 is 0 Å². The molecule has 2 atom stereocenters. The van der Waals surface area contributed by atoms with Gasteiger partial charge in [0.05, 0.1) is 0 Å². The third kappa shape index (κ3) is 2.51. The number of nitrogens with zero attached hydrogens (tertiary/aromatic N) is 1. The highest BCUT2D eigenvalue weighted by molar-refractivity contribution is 7.99. The summed E-state index contributed by atoms with van der Waals surface area (Å²) in [5.41, 5.74) is 1.57. The van der Waals surface area contributed by atoms with E-state index in [2.05, 4.69) is 41.4 Å². The van der Waals surface area contributed by atoms with Gasteiger partial charge in [0.25, 0.3) is 0 Å². The van der Waals surface area contributed by atoms with Gasteiger partial charge in [-0.3, -0.25) is 4.90 Å². The molecule has 1 unspecified atom stereocenters. The fourth-order valence-electron chi connectivity index (χ4n) is 2.87. The van der Waals surface area contributed by atoms with Gasteiger partial charge in [-0.05, 0) is 18.6 Å². The summed E-state index contributed by atoms with van der Waals surface area (Å²) in [4.78, 5) is 4.12. The van der Waals surface area contributed by atoms with Crippen molar-refractivity contribution in [3.8, 4) is 0 Å². The number of hydrogen-bond acceptors (Lipinski definition) is 3. The van der Waals surface area contributed by atoms with Gasteiger partial charge >= 0.3 is 0 Å². The van der Waals surface area contributed by atoms with E-state index in [9.17, 15) is 0 Å². The van der Waals surface area contributed by atoms with Crippen molar-refractivity contribution >= 4 is 11.8 Å². The van der Waals surface area contributed by atoms with Crippen LogP contribution in [-0.4, -0.2) is 42.9 Å². The minimum atomic E-state index is 0.646. The van der Waals surface area contributed by atoms with Gasteiger partial charge in [-0.15, -0.1) is 11.8 Å². The minimum absolute atomic E-state index is 0.646. The van der Waals surface area contributed by atoms with Crippen LogP contribution >= 0.6 is 11.8 Å². The van der Waals surface area contributed by atoms with Crippen molar-refractivity contribution in [3.05, 3.63) is 29.8 Å². The molecule has 1 aromatic carbocycles. The molecule has 2 nitrogen and oxygen atoms in total. The van der Waals surface area contributed by atoms with Gasteiger partial charge in [0.2, 0.25) is 0 Å². The predicted molar refractivity (Wildman–Crippen MR) is 73.8 cm³/mol. The summed E-state index contributed by atoms with van der Waals surface area (Å²) >= 11 is 2.02. The summed E-state index contributed by atoms with van der Waals surface area (Å²) in [6.45, 7) is 7.05. The minimum Gasteiger partial charge on any atom is -0.312 e. The van der Waals surface area contributed by atoms with Crippen molar-refractivity contribution in [3.63, 3.8) is 0 Å². The molecular weight excluding hydrogens is 228 g/mol. The van der Waals surface area contributed by atoms with Crippen molar-refractivity contribution in [2.75, 3.05) is 31.9 Å². The van der Waals surface area contributed by atoms with Crippen LogP contribution in [0.5, 0.6) is 0 Å². The number of rotatable bonds is 2. The first-order valence-corrected chi connectivity index (χ1v) is 7.49. The van der Waals surface area contributed by atoms with Crippen LogP contribution in [-0.2, 0) is 0 Å². The van der Waals surface area contributed by atoms with Gasteiger partial charge in [-0.25, -0.2) is 0 Å². The predicted octanol–water partition coefficient (Wildman–Crippen LogP) is 2.17. The quantitative estimate of drug-likeness (QED) is 0.863. The lowest BCUT2D eigenvalue weighted by Gasteiger charge is -2.33. The SMILES string of the molecule is C[C@@H]1CN(CC2CSc3ccccc32)CCN1. The van der Waals surface area contributed by atoms with Crippen LogP contribution in [0.15, 0.2) is 29.2 Å². The zero-order chi connectivity index (χ0) is 11.7. The van der Waals surface area contributed by atoms with Gasteiger partial charge in [0, 0.05) is 48.8 Å². The molecule has 2 aliphatic heterocycles. The third-order valence-corrected chi connectivity index (χ3v) is 4.98. The largest absolute Gasteiger partial charge is 0.312 e. The third-order valence-electron chi connectivity index (χ3n) is 3.73. The summed E-state index contributed by atoms with van der Waals surface area (Å²) in [5, 5.41) is 3.51. The second-order valence-electron chi connectivity index (χ2n) is 5.16. The monoisotopic (exact) mass is 248 g/mol. The van der Waals surface area contributed by atoms with E-state index in [1.165, 1.54) is 30.3 Å². The first-order valence-electron chi connectivity index (χ1n) is 6.50. The Morgan fingerprint density at radius 3 is 3.18 bits per heavy atom. The van der Waals surface area contributed by atoms with Crippen LogP contribution in [0.25, 0.3) is 0 Å². The van der Waals surface area contributed by atoms with E-state index in [0.717, 1.165) is 12.5 Å². The fraction of sp³-hybridized carbons (Fsp3) is 0.571. The molecule has 1 N–H and O–H groups in total. The lowest BCUT2D eigenvalue weighted by Crippen LogP contribution is -2.50. The van der Waals surface area contributed by atoms with E-state index in [0.29, 0.717) is 6.04 Å². The fourth-order valence-corrected chi connectivity index (χ4v) is 4.11. The molecule has 1 aromatic rings. The standard InChI is InChI=1S/C14H20N2S/c1-11-8-16(7-6-15-11)9-12-10-17-14-5-3-2-4-13(12)14/h2-5,11-12,15H,6-10H2,1H3/t11-,12?/m1/s1. The van der Waals surface area contributed by atoms with E-state index in [1.54, 1.807) is 5.56 Å². The van der Waals surface area contributed by atoms with E-state index in [4.69, 9.17) is 0 Å². The normalized spacial score (nSPS) is 29.2. The van der Waals surface area contributed by atoms with Crippen LogP contribution in [0, 0.1) is 0 Å². The summed E-state index contributed by atoms with van der Waals surface area (Å²) < 4.78 is 0. The number of benzene rings is 1. The van der Waals surface area contributed by atoms with Gasteiger partial charge < -0.3 is 5.32 Å². The molecule has 3 rings (SSSR count). The van der Waals surface area contributed by atoms with E-state index < -0.39 is 0 Å². The molecule has 2 heterocycles. The molecule has 1 fully saturated rings. The summed E-state index contributed by atoms with van der Waals surface area (Å²) in [6.07, 6.45) is 0. The van der Waals surface area contributed by atoms with Crippen molar-refractivity contribution in [1.29, 1.82) is 0 Å². The van der Waals surface area contributed by atoms with Gasteiger partial charge in [-0.1, -0.05) is 18.2 Å². The molecule has 1 saturated heterocycles. The molecule has 0 aromatic heterocycles. The molecule has 0 bridgehead atoms. The van der Waals surface area contributed by atoms with E-state index in [-0.39, 0.29) is 0 Å². The van der Waals surface area contributed by atoms with Gasteiger partial charge in [0.15, 0.2) is 0 Å². The zero-order valence-electron chi connectivity index (χ0n) is 10.4. The molecule has 2 aliphatic rings. The van der Waals surface area contributed by atoms with E-state index in [1.807, 2.05) is 11.8 Å². The van der Waals surface area contributed by atoms with E-state index >= 15 is 0 Å². The Kier molecular flexibility index (Phi) is 3.41. The smallest absolute Gasteiger partial charge is 0.0167 e. The molecule has 0 radical (unpaired) electrons. The summed E-state index contributed by atoms with van der Waals surface area (Å²) in [7, 11) is 0. The van der Waals surface area contributed by atoms with Crippen molar-refractivity contribution in [1.82, 2.24) is 10.2 Å². The maximum atomic E-state index is 3.51. The molecule has 0 saturated carbocycles. The second kappa shape index (κ2) is 5.01. The Morgan fingerprint density at radius 1 is 1.41 bits per heavy atom. The highest BCUT2D eigenvalue weighted by Crippen LogP contribution is 2.39. The average molecular weight is 248 g/mol. The maximum absolute atomic E-state index is 3.51. The van der Waals surface area contributed by atoms with Gasteiger partial charge in [-0.2, -0.15) is 0 Å². The molecular formula is C14H20N2S. The maximum Gasteiger partial charge on any atom is 0.0167 e.